The average molecular weight is 260 g/mol. The Balaban J connectivity index is 2.27. The van der Waals surface area contributed by atoms with Gasteiger partial charge in [0.15, 0.2) is 0 Å². The van der Waals surface area contributed by atoms with Gasteiger partial charge in [-0.1, -0.05) is 13.8 Å². The fourth-order valence-electron chi connectivity index (χ4n) is 2.17. The van der Waals surface area contributed by atoms with Crippen LogP contribution >= 0.6 is 0 Å². The minimum Gasteiger partial charge on any atom is -0.345 e. The first kappa shape index (κ1) is 13.5. The van der Waals surface area contributed by atoms with Gasteiger partial charge in [-0.3, -0.25) is 4.79 Å². The van der Waals surface area contributed by atoms with Gasteiger partial charge in [0.25, 0.3) is 0 Å². The Kier molecular flexibility index (Phi) is 3.57. The van der Waals surface area contributed by atoms with E-state index in [9.17, 15) is 4.79 Å². The Morgan fingerprint density at radius 1 is 1.47 bits per heavy atom. The highest BCUT2D eigenvalue weighted by atomic mass is 16.2. The summed E-state index contributed by atoms with van der Waals surface area (Å²) in [5.74, 6) is 0.0665. The summed E-state index contributed by atoms with van der Waals surface area (Å²) >= 11 is 0. The van der Waals surface area contributed by atoms with Gasteiger partial charge >= 0.3 is 0 Å². The van der Waals surface area contributed by atoms with E-state index in [4.69, 9.17) is 5.73 Å². The third-order valence-electron chi connectivity index (χ3n) is 3.44. The first-order chi connectivity index (χ1) is 8.95. The van der Waals surface area contributed by atoms with Crippen LogP contribution in [0.25, 0.3) is 11.0 Å². The van der Waals surface area contributed by atoms with Crippen LogP contribution in [-0.2, 0) is 4.79 Å². The van der Waals surface area contributed by atoms with Gasteiger partial charge in [-0.25, -0.2) is 4.98 Å². The predicted molar refractivity (Wildman–Crippen MR) is 77.0 cm³/mol. The highest BCUT2D eigenvalue weighted by molar-refractivity contribution is 5.98. The number of nitrogens with two attached hydrogens (primary N) is 1. The molecule has 2 rings (SSSR count). The number of nitrogens with one attached hydrogen (secondary N) is 1. The van der Waals surface area contributed by atoms with E-state index in [0.29, 0.717) is 13.0 Å². The molecule has 0 saturated carbocycles. The van der Waals surface area contributed by atoms with Crippen LogP contribution in [0.15, 0.2) is 24.5 Å². The molecule has 0 saturated heterocycles. The zero-order chi connectivity index (χ0) is 14.0. The third-order valence-corrected chi connectivity index (χ3v) is 3.44. The molecule has 102 valence electrons. The van der Waals surface area contributed by atoms with Crippen molar-refractivity contribution >= 4 is 22.6 Å². The normalized spacial score (nSPS) is 11.8. The Labute approximate surface area is 112 Å². The molecule has 1 amide bonds. The molecule has 3 N–H and O–H groups in total. The molecule has 19 heavy (non-hydrogen) atoms. The average Bonchev–Trinajstić information content (AvgIpc) is 2.84. The number of aromatic amines is 1. The first-order valence-electron chi connectivity index (χ1n) is 6.37. The summed E-state index contributed by atoms with van der Waals surface area (Å²) in [4.78, 5) is 21.4. The number of benzene rings is 1. The number of hydrogen-bond donors (Lipinski definition) is 2. The van der Waals surface area contributed by atoms with Gasteiger partial charge in [-0.05, 0) is 31.2 Å². The second kappa shape index (κ2) is 5.01. The van der Waals surface area contributed by atoms with Gasteiger partial charge < -0.3 is 15.6 Å². The maximum absolute atomic E-state index is 12.5. The van der Waals surface area contributed by atoms with E-state index in [1.807, 2.05) is 32.0 Å². The molecule has 0 aliphatic heterocycles. The van der Waals surface area contributed by atoms with Gasteiger partial charge in [0.05, 0.1) is 17.4 Å². The monoisotopic (exact) mass is 260 g/mol. The maximum atomic E-state index is 12.5. The summed E-state index contributed by atoms with van der Waals surface area (Å²) in [7, 11) is 1.79. The minimum atomic E-state index is -0.452. The van der Waals surface area contributed by atoms with Crippen molar-refractivity contribution in [1.29, 1.82) is 0 Å². The van der Waals surface area contributed by atoms with E-state index in [2.05, 4.69) is 9.97 Å². The Morgan fingerprint density at radius 3 is 2.89 bits per heavy atom. The molecule has 1 aromatic heterocycles. The fourth-order valence-corrected chi connectivity index (χ4v) is 2.17. The number of rotatable bonds is 4. The summed E-state index contributed by atoms with van der Waals surface area (Å²) in [6.07, 6.45) is 2.32. The molecule has 0 radical (unpaired) electrons. The molecule has 0 atom stereocenters. The van der Waals surface area contributed by atoms with Crippen molar-refractivity contribution in [1.82, 2.24) is 9.97 Å². The van der Waals surface area contributed by atoms with E-state index < -0.39 is 5.41 Å². The van der Waals surface area contributed by atoms with Crippen LogP contribution in [0.5, 0.6) is 0 Å². The highest BCUT2D eigenvalue weighted by Gasteiger charge is 2.30. The number of anilines is 1. The third kappa shape index (κ3) is 2.61. The van der Waals surface area contributed by atoms with Crippen molar-refractivity contribution in [2.75, 3.05) is 18.5 Å². The summed E-state index contributed by atoms with van der Waals surface area (Å²) in [5, 5.41) is 0. The number of carbonyl (C=O) groups is 1. The number of H-pyrrole nitrogens is 1. The lowest BCUT2D eigenvalue weighted by atomic mass is 9.87. The Hall–Kier alpha value is -1.88. The summed E-state index contributed by atoms with van der Waals surface area (Å²) in [6, 6.07) is 5.74. The second-order valence-corrected chi connectivity index (χ2v) is 5.39. The maximum Gasteiger partial charge on any atom is 0.232 e. The van der Waals surface area contributed by atoms with Gasteiger partial charge in [-0.15, -0.1) is 0 Å². The number of carbonyl (C=O) groups excluding carboxylic acids is 1. The van der Waals surface area contributed by atoms with Crippen LogP contribution in [0.3, 0.4) is 0 Å². The summed E-state index contributed by atoms with van der Waals surface area (Å²) in [6.45, 7) is 4.35. The predicted octanol–water partition coefficient (Wildman–Crippen LogP) is 1.90. The number of fused-ring (bicyclic) bond motifs is 1. The number of aromatic nitrogens is 2. The van der Waals surface area contributed by atoms with Crippen molar-refractivity contribution in [2.24, 2.45) is 11.1 Å². The molecule has 5 nitrogen and oxygen atoms in total. The Bertz CT molecular complexity index is 588. The van der Waals surface area contributed by atoms with Crippen molar-refractivity contribution in [3.63, 3.8) is 0 Å². The van der Waals surface area contributed by atoms with Crippen LogP contribution in [0.1, 0.15) is 20.3 Å². The van der Waals surface area contributed by atoms with Crippen molar-refractivity contribution in [3.8, 4) is 0 Å². The van der Waals surface area contributed by atoms with Crippen molar-refractivity contribution < 1.29 is 4.79 Å². The molecule has 0 unspecified atom stereocenters. The van der Waals surface area contributed by atoms with Crippen LogP contribution in [0, 0.1) is 5.41 Å². The minimum absolute atomic E-state index is 0.0665. The molecular formula is C14H20N4O. The standard InChI is InChI=1S/C14H20N4O/c1-14(2,6-7-15)13(19)18(3)10-4-5-11-12(8-10)17-9-16-11/h4-5,8-9H,6-7,15H2,1-3H3,(H,16,17). The zero-order valence-electron chi connectivity index (χ0n) is 11.6. The molecule has 0 bridgehead atoms. The molecule has 0 fully saturated rings. The van der Waals surface area contributed by atoms with Gasteiger partial charge in [-0.2, -0.15) is 0 Å². The number of amides is 1. The quantitative estimate of drug-likeness (QED) is 0.881. The zero-order valence-corrected chi connectivity index (χ0v) is 11.6. The SMILES string of the molecule is CN(C(=O)C(C)(C)CCN)c1ccc2nc[nH]c2c1. The number of hydrogen-bond acceptors (Lipinski definition) is 3. The molecule has 2 aromatic rings. The summed E-state index contributed by atoms with van der Waals surface area (Å²) < 4.78 is 0. The smallest absolute Gasteiger partial charge is 0.232 e. The lowest BCUT2D eigenvalue weighted by Crippen LogP contribution is -2.39. The molecule has 0 aliphatic rings. The van der Waals surface area contributed by atoms with E-state index in [0.717, 1.165) is 16.7 Å². The lowest BCUT2D eigenvalue weighted by Gasteiger charge is -2.29. The van der Waals surface area contributed by atoms with E-state index in [1.54, 1.807) is 18.3 Å². The van der Waals surface area contributed by atoms with Crippen LogP contribution < -0.4 is 10.6 Å². The van der Waals surface area contributed by atoms with Gasteiger partial charge in [0.2, 0.25) is 5.91 Å². The largest absolute Gasteiger partial charge is 0.345 e. The van der Waals surface area contributed by atoms with Gasteiger partial charge in [0, 0.05) is 18.2 Å². The van der Waals surface area contributed by atoms with Crippen LogP contribution in [-0.4, -0.2) is 29.5 Å². The molecule has 1 heterocycles. The topological polar surface area (TPSA) is 75.0 Å². The van der Waals surface area contributed by atoms with E-state index >= 15 is 0 Å². The highest BCUT2D eigenvalue weighted by Crippen LogP contribution is 2.26. The molecule has 0 spiro atoms. The molecule has 5 heteroatoms. The molecule has 0 aliphatic carbocycles. The molecule has 1 aromatic carbocycles. The van der Waals surface area contributed by atoms with Gasteiger partial charge in [0.1, 0.15) is 0 Å². The number of nitrogens with zero attached hydrogens (tertiary/aromatic N) is 2. The van der Waals surface area contributed by atoms with Crippen molar-refractivity contribution in [3.05, 3.63) is 24.5 Å². The van der Waals surface area contributed by atoms with Crippen LogP contribution in [0.4, 0.5) is 5.69 Å². The lowest BCUT2D eigenvalue weighted by molar-refractivity contribution is -0.126. The molecular weight excluding hydrogens is 240 g/mol. The van der Waals surface area contributed by atoms with E-state index in [-0.39, 0.29) is 5.91 Å². The van der Waals surface area contributed by atoms with Crippen LogP contribution in [0.2, 0.25) is 0 Å². The first-order valence-corrected chi connectivity index (χ1v) is 6.37. The second-order valence-electron chi connectivity index (χ2n) is 5.39. The number of imidazole rings is 1. The Morgan fingerprint density at radius 2 is 2.21 bits per heavy atom. The van der Waals surface area contributed by atoms with Crippen molar-refractivity contribution in [2.45, 2.75) is 20.3 Å². The summed E-state index contributed by atoms with van der Waals surface area (Å²) in [5.41, 5.74) is 7.79. The fraction of sp³-hybridized carbons (Fsp3) is 0.429. The van der Waals surface area contributed by atoms with E-state index in [1.165, 1.54) is 0 Å².